The lowest BCUT2D eigenvalue weighted by molar-refractivity contribution is -0.142. The number of rotatable bonds is 7. The number of carbonyl (C=O) groups excluding carboxylic acids is 1. The third-order valence-corrected chi connectivity index (χ3v) is 2.95. The summed E-state index contributed by atoms with van der Waals surface area (Å²) in [5.41, 5.74) is -1.35. The smallest absolute Gasteiger partial charge is 0.420 e. The third-order valence-electron chi connectivity index (χ3n) is 2.73. The van der Waals surface area contributed by atoms with Crippen molar-refractivity contribution in [1.82, 2.24) is 0 Å². The number of ether oxygens (including phenoxy) is 3. The molecule has 0 heterocycles. The second-order valence-corrected chi connectivity index (χ2v) is 5.05. The minimum Gasteiger partial charge on any atom is -0.501 e. The molecule has 5 nitrogen and oxygen atoms in total. The molecule has 9 heteroatoms. The molecule has 0 N–H and O–H groups in total. The van der Waals surface area contributed by atoms with Crippen molar-refractivity contribution in [2.75, 3.05) is 13.2 Å². The largest absolute Gasteiger partial charge is 0.501 e. The summed E-state index contributed by atoms with van der Waals surface area (Å²) in [7, 11) is 0. The van der Waals surface area contributed by atoms with Crippen molar-refractivity contribution in [3.63, 3.8) is 0 Å². The Morgan fingerprint density at radius 2 is 1.96 bits per heavy atom. The first kappa shape index (κ1) is 21.4. The zero-order valence-corrected chi connectivity index (χ0v) is 14.6. The van der Waals surface area contributed by atoms with E-state index in [2.05, 4.69) is 4.74 Å². The van der Waals surface area contributed by atoms with Crippen LogP contribution in [0.15, 0.2) is 41.9 Å². The van der Waals surface area contributed by atoms with Crippen LogP contribution in [0.2, 0.25) is 5.02 Å². The van der Waals surface area contributed by atoms with Crippen molar-refractivity contribution >= 4 is 17.6 Å². The van der Waals surface area contributed by atoms with Gasteiger partial charge in [-0.1, -0.05) is 11.6 Å². The lowest BCUT2D eigenvalue weighted by Crippen LogP contribution is -2.22. The quantitative estimate of drug-likeness (QED) is 0.297. The molecule has 1 rings (SSSR count). The first-order chi connectivity index (χ1) is 12.2. The van der Waals surface area contributed by atoms with Crippen LogP contribution < -0.4 is 4.74 Å². The highest BCUT2D eigenvalue weighted by molar-refractivity contribution is 6.30. The van der Waals surface area contributed by atoms with Crippen molar-refractivity contribution in [3.05, 3.63) is 52.5 Å². The van der Waals surface area contributed by atoms with Crippen LogP contribution in [0.3, 0.4) is 0 Å². The SMILES string of the molecule is CCOC=CC(=C(Oc1cc(Cl)cc(C#N)c1)C(=O)OCC)C(F)(F)F. The Kier molecular flexibility index (Phi) is 8.00. The molecule has 140 valence electrons. The molecular formula is C17H15ClF3NO4. The average Bonchev–Trinajstić information content (AvgIpc) is 2.55. The number of hydrogen-bond acceptors (Lipinski definition) is 5. The van der Waals surface area contributed by atoms with Crippen LogP contribution >= 0.6 is 11.6 Å². The van der Waals surface area contributed by atoms with E-state index >= 15 is 0 Å². The first-order valence-electron chi connectivity index (χ1n) is 7.38. The lowest BCUT2D eigenvalue weighted by atomic mass is 10.2. The number of nitrogens with zero attached hydrogens (tertiary/aromatic N) is 1. The maximum atomic E-state index is 13.4. The molecule has 0 amide bonds. The van der Waals surface area contributed by atoms with E-state index in [0.717, 1.165) is 12.3 Å². The van der Waals surface area contributed by atoms with E-state index in [1.807, 2.05) is 0 Å². The summed E-state index contributed by atoms with van der Waals surface area (Å²) in [5, 5.41) is 8.98. The molecule has 0 atom stereocenters. The van der Waals surface area contributed by atoms with Crippen LogP contribution in [0.25, 0.3) is 0 Å². The maximum absolute atomic E-state index is 13.4. The van der Waals surface area contributed by atoms with Gasteiger partial charge in [-0.25, -0.2) is 4.79 Å². The van der Waals surface area contributed by atoms with Crippen molar-refractivity contribution in [3.8, 4) is 11.8 Å². The Labute approximate surface area is 153 Å². The highest BCUT2D eigenvalue weighted by Crippen LogP contribution is 2.32. The third kappa shape index (κ3) is 6.33. The van der Waals surface area contributed by atoms with Gasteiger partial charge >= 0.3 is 12.1 Å². The Hall–Kier alpha value is -2.66. The van der Waals surface area contributed by atoms with Crippen molar-refractivity contribution in [2.24, 2.45) is 0 Å². The molecule has 0 radical (unpaired) electrons. The Morgan fingerprint density at radius 1 is 1.27 bits per heavy atom. The maximum Gasteiger partial charge on any atom is 0.420 e. The Bertz CT molecular complexity index is 751. The van der Waals surface area contributed by atoms with Crippen LogP contribution in [0.1, 0.15) is 19.4 Å². The summed E-state index contributed by atoms with van der Waals surface area (Å²) in [6.45, 7) is 2.99. The number of nitriles is 1. The molecule has 0 aliphatic heterocycles. The molecule has 0 saturated carbocycles. The molecular weight excluding hydrogens is 375 g/mol. The highest BCUT2D eigenvalue weighted by atomic mass is 35.5. The number of halogens is 4. The van der Waals surface area contributed by atoms with Gasteiger partial charge in [0, 0.05) is 5.02 Å². The van der Waals surface area contributed by atoms with Gasteiger partial charge in [-0.05, 0) is 38.1 Å². The van der Waals surface area contributed by atoms with E-state index in [1.165, 1.54) is 19.1 Å². The molecule has 0 aliphatic rings. The lowest BCUT2D eigenvalue weighted by Gasteiger charge is -2.15. The molecule has 0 spiro atoms. The second-order valence-electron chi connectivity index (χ2n) is 4.61. The molecule has 26 heavy (non-hydrogen) atoms. The summed E-state index contributed by atoms with van der Waals surface area (Å²) in [4.78, 5) is 12.0. The molecule has 0 unspecified atom stereocenters. The van der Waals surface area contributed by atoms with Crippen LogP contribution in [0, 0.1) is 11.3 Å². The summed E-state index contributed by atoms with van der Waals surface area (Å²) in [6.07, 6.45) is -3.57. The standard InChI is InChI=1S/C17H15ClF3NO4/c1-3-24-6-5-14(17(19,20)21)15(16(23)25-4-2)26-13-8-11(10-22)7-12(18)9-13/h5-9H,3-4H2,1-2H3. The number of hydrogen-bond donors (Lipinski definition) is 0. The van der Waals surface area contributed by atoms with Gasteiger partial charge in [0.15, 0.2) is 0 Å². The fourth-order valence-corrected chi connectivity index (χ4v) is 1.94. The molecule has 0 bridgehead atoms. The highest BCUT2D eigenvalue weighted by Gasteiger charge is 2.39. The normalized spacial score (nSPS) is 12.3. The van der Waals surface area contributed by atoms with E-state index in [4.69, 9.17) is 26.3 Å². The monoisotopic (exact) mass is 389 g/mol. The average molecular weight is 390 g/mol. The number of alkyl halides is 3. The van der Waals surface area contributed by atoms with E-state index in [0.29, 0.717) is 6.08 Å². The van der Waals surface area contributed by atoms with Gasteiger partial charge in [0.2, 0.25) is 5.76 Å². The van der Waals surface area contributed by atoms with Gasteiger partial charge in [0.1, 0.15) is 11.3 Å². The molecule has 0 fully saturated rings. The molecule has 1 aromatic rings. The van der Waals surface area contributed by atoms with Gasteiger partial charge < -0.3 is 14.2 Å². The Morgan fingerprint density at radius 3 is 2.50 bits per heavy atom. The van der Waals surface area contributed by atoms with Gasteiger partial charge in [0.05, 0.1) is 31.1 Å². The summed E-state index contributed by atoms with van der Waals surface area (Å²) in [5.74, 6) is -2.63. The van der Waals surface area contributed by atoms with Crippen LogP contribution in [-0.2, 0) is 14.3 Å². The van der Waals surface area contributed by atoms with Crippen LogP contribution in [0.5, 0.6) is 5.75 Å². The van der Waals surface area contributed by atoms with Crippen LogP contribution in [0.4, 0.5) is 13.2 Å². The fourth-order valence-electron chi connectivity index (χ4n) is 1.72. The van der Waals surface area contributed by atoms with Gasteiger partial charge in [-0.15, -0.1) is 0 Å². The second kappa shape index (κ2) is 9.73. The van der Waals surface area contributed by atoms with E-state index in [9.17, 15) is 18.0 Å². The zero-order chi connectivity index (χ0) is 19.7. The van der Waals surface area contributed by atoms with E-state index < -0.39 is 23.5 Å². The Balaban J connectivity index is 3.48. The molecule has 1 aromatic carbocycles. The van der Waals surface area contributed by atoms with Gasteiger partial charge in [-0.3, -0.25) is 0 Å². The van der Waals surface area contributed by atoms with Crippen molar-refractivity contribution in [1.29, 1.82) is 5.26 Å². The van der Waals surface area contributed by atoms with Crippen molar-refractivity contribution in [2.45, 2.75) is 20.0 Å². The van der Waals surface area contributed by atoms with Gasteiger partial charge in [-0.2, -0.15) is 18.4 Å². The number of benzene rings is 1. The summed E-state index contributed by atoms with van der Waals surface area (Å²) in [6, 6.07) is 5.39. The first-order valence-corrected chi connectivity index (χ1v) is 7.76. The van der Waals surface area contributed by atoms with Gasteiger partial charge in [0.25, 0.3) is 0 Å². The number of carbonyl (C=O) groups is 1. The predicted octanol–water partition coefficient (Wildman–Crippen LogP) is 4.52. The molecule has 0 saturated heterocycles. The zero-order valence-electron chi connectivity index (χ0n) is 13.9. The van der Waals surface area contributed by atoms with E-state index in [1.54, 1.807) is 13.0 Å². The van der Waals surface area contributed by atoms with Crippen molar-refractivity contribution < 1.29 is 32.2 Å². The number of allylic oxidation sites excluding steroid dienone is 2. The summed E-state index contributed by atoms with van der Waals surface area (Å²) < 4.78 is 54.7. The van der Waals surface area contributed by atoms with Crippen LogP contribution in [-0.4, -0.2) is 25.4 Å². The minimum atomic E-state index is -4.92. The molecule has 0 aliphatic carbocycles. The predicted molar refractivity (Wildman–Crippen MR) is 87.3 cm³/mol. The summed E-state index contributed by atoms with van der Waals surface area (Å²) >= 11 is 5.81. The fraction of sp³-hybridized carbons (Fsp3) is 0.294. The minimum absolute atomic E-state index is 0.0501. The molecule has 0 aromatic heterocycles. The number of esters is 1. The van der Waals surface area contributed by atoms with E-state index in [-0.39, 0.29) is 29.5 Å². The topological polar surface area (TPSA) is 68.5 Å².